The monoisotopic (exact) mass is 572 g/mol. The number of nitrogens with one attached hydrogen (secondary N) is 2. The maximum atomic E-state index is 15.0. The number of benzene rings is 4. The molecule has 1 aliphatic carbocycles. The van der Waals surface area contributed by atoms with Crippen LogP contribution in [0.15, 0.2) is 84.0 Å². The Morgan fingerprint density at radius 1 is 0.744 bits per heavy atom. The Hall–Kier alpha value is -6.13. The van der Waals surface area contributed by atoms with Gasteiger partial charge in [-0.25, -0.2) is 22.5 Å². The van der Waals surface area contributed by atoms with Crippen LogP contribution in [-0.2, 0) is 0 Å². The van der Waals surface area contributed by atoms with Crippen LogP contribution in [0, 0.1) is 51.3 Å². The highest BCUT2D eigenvalue weighted by Gasteiger charge is 2.28. The average molecular weight is 573 g/mol. The maximum absolute atomic E-state index is 15.0. The number of nitriles is 2. The number of fused-ring (bicyclic) bond motifs is 3. The normalized spacial score (nSPS) is 13.1. The van der Waals surface area contributed by atoms with E-state index < -0.39 is 34.4 Å². The highest BCUT2D eigenvalue weighted by molar-refractivity contribution is 6.55. The van der Waals surface area contributed by atoms with Crippen molar-refractivity contribution < 1.29 is 17.6 Å². The molecule has 0 saturated heterocycles. The molecule has 4 aromatic carbocycles. The molecule has 0 saturated carbocycles. The molecule has 0 bridgehead atoms. The Morgan fingerprint density at radius 3 is 2.07 bits per heavy atom. The highest BCUT2D eigenvalue weighted by atomic mass is 19.2. The van der Waals surface area contributed by atoms with Crippen LogP contribution < -0.4 is 5.43 Å². The molecule has 0 radical (unpaired) electrons. The molecule has 0 fully saturated rings. The third kappa shape index (κ3) is 4.57. The average Bonchev–Trinajstić information content (AvgIpc) is 3.04. The van der Waals surface area contributed by atoms with Crippen LogP contribution in [0.4, 0.5) is 23.2 Å². The van der Waals surface area contributed by atoms with Crippen molar-refractivity contribution in [3.63, 3.8) is 0 Å². The summed E-state index contributed by atoms with van der Waals surface area (Å²) in [4.78, 5) is 4.72. The zero-order valence-corrected chi connectivity index (χ0v) is 21.9. The lowest BCUT2D eigenvalue weighted by Crippen LogP contribution is -2.20. The van der Waals surface area contributed by atoms with Crippen molar-refractivity contribution in [1.29, 1.82) is 15.9 Å². The summed E-state index contributed by atoms with van der Waals surface area (Å²) in [6.45, 7) is 0. The van der Waals surface area contributed by atoms with Crippen LogP contribution in [0.25, 0.3) is 39.4 Å². The molecule has 0 aliphatic heterocycles. The molecule has 0 atom stereocenters. The van der Waals surface area contributed by atoms with E-state index >= 15 is 0 Å². The van der Waals surface area contributed by atoms with Crippen molar-refractivity contribution in [2.24, 2.45) is 5.10 Å². The Morgan fingerprint density at radius 2 is 1.42 bits per heavy atom. The van der Waals surface area contributed by atoms with Gasteiger partial charge in [0.05, 0.1) is 39.8 Å². The van der Waals surface area contributed by atoms with E-state index in [4.69, 9.17) is 15.7 Å². The third-order valence-corrected chi connectivity index (χ3v) is 6.97. The van der Waals surface area contributed by atoms with Gasteiger partial charge in [0.1, 0.15) is 17.3 Å². The summed E-state index contributed by atoms with van der Waals surface area (Å²) in [7, 11) is 0. The first-order chi connectivity index (χ1) is 20.8. The number of para-hydroxylation sites is 1. The van der Waals surface area contributed by atoms with Crippen LogP contribution in [0.5, 0.6) is 0 Å². The van der Waals surface area contributed by atoms with Crippen LogP contribution >= 0.6 is 0 Å². The number of hydrogen-bond donors (Lipinski definition) is 2. The molecule has 1 heterocycles. The van der Waals surface area contributed by atoms with Crippen molar-refractivity contribution >= 4 is 34.1 Å². The van der Waals surface area contributed by atoms with E-state index in [1.807, 2.05) is 36.4 Å². The van der Waals surface area contributed by atoms with Gasteiger partial charge in [-0.3, -0.25) is 10.8 Å². The van der Waals surface area contributed by atoms with E-state index in [9.17, 15) is 22.8 Å². The summed E-state index contributed by atoms with van der Waals surface area (Å²) in [5.41, 5.74) is 3.97. The van der Waals surface area contributed by atoms with Crippen LogP contribution in [0.2, 0.25) is 0 Å². The fraction of sp³-hybridized carbons (Fsp3) is 0. The van der Waals surface area contributed by atoms with Crippen molar-refractivity contribution in [1.82, 2.24) is 4.98 Å². The minimum Gasteiger partial charge on any atom is -0.298 e. The number of anilines is 1. The zero-order valence-electron chi connectivity index (χ0n) is 21.9. The molecule has 43 heavy (non-hydrogen) atoms. The van der Waals surface area contributed by atoms with Gasteiger partial charge < -0.3 is 0 Å². The van der Waals surface area contributed by atoms with Gasteiger partial charge in [-0.2, -0.15) is 15.6 Å². The van der Waals surface area contributed by atoms with E-state index in [1.54, 1.807) is 36.4 Å². The second-order valence-corrected chi connectivity index (χ2v) is 9.47. The summed E-state index contributed by atoms with van der Waals surface area (Å²) in [6, 6.07) is 22.9. The smallest absolute Gasteiger partial charge is 0.180 e. The Bertz CT molecular complexity index is 2090. The predicted molar refractivity (Wildman–Crippen MR) is 155 cm³/mol. The summed E-state index contributed by atoms with van der Waals surface area (Å²) in [5.74, 6) is -7.02. The molecule has 5 aromatic rings. The van der Waals surface area contributed by atoms with Crippen molar-refractivity contribution in [3.8, 4) is 34.5 Å². The van der Waals surface area contributed by atoms with Crippen LogP contribution in [0.1, 0.15) is 22.3 Å². The van der Waals surface area contributed by atoms with Crippen molar-refractivity contribution in [2.75, 3.05) is 5.43 Å². The number of pyridine rings is 1. The molecule has 2 N–H and O–H groups in total. The molecule has 10 heteroatoms. The number of hydrazone groups is 1. The first-order valence-electron chi connectivity index (χ1n) is 12.7. The number of allylic oxidation sites excluding steroid dienone is 1. The standard InChI is InChI=1S/C33H16F4N6/c34-28-23(16-39)29(35)31(37)26(30(28)36)19-10-11-21-25(14-19)41-33(18-8-6-17(15-38)7-9-18)22-12-13-24(32(40)27(21)22)43-42-20-4-2-1-3-5-20/h1-14,40,42H/b40-32?,43-24-. The molecular formula is C33H16F4N6. The van der Waals surface area contributed by atoms with Gasteiger partial charge in [-0.1, -0.05) is 42.5 Å². The van der Waals surface area contributed by atoms with Gasteiger partial charge in [0.15, 0.2) is 23.3 Å². The minimum atomic E-state index is -1.80. The number of hydrogen-bond acceptors (Lipinski definition) is 6. The largest absolute Gasteiger partial charge is 0.298 e. The van der Waals surface area contributed by atoms with Gasteiger partial charge >= 0.3 is 0 Å². The fourth-order valence-corrected chi connectivity index (χ4v) is 4.88. The molecule has 0 unspecified atom stereocenters. The highest BCUT2D eigenvalue weighted by Crippen LogP contribution is 2.38. The van der Waals surface area contributed by atoms with E-state index in [1.165, 1.54) is 18.2 Å². The molecule has 6 rings (SSSR count). The Labute approximate surface area is 242 Å². The molecule has 0 amide bonds. The SMILES string of the molecule is N#Cc1ccc(-c2nc3cc(-c4c(F)c(F)c(C#N)c(F)c4F)ccc3c3c2C=C/C(=N/Nc2ccccc2)C3=N)cc1. The van der Waals surface area contributed by atoms with Gasteiger partial charge in [-0.15, -0.1) is 0 Å². The molecule has 1 aliphatic rings. The minimum absolute atomic E-state index is 0.0313. The summed E-state index contributed by atoms with van der Waals surface area (Å²) < 4.78 is 58.8. The molecule has 6 nitrogen and oxygen atoms in total. The first kappa shape index (κ1) is 27.1. The summed E-state index contributed by atoms with van der Waals surface area (Å²) in [6.07, 6.45) is 3.40. The predicted octanol–water partition coefficient (Wildman–Crippen LogP) is 7.73. The lowest BCUT2D eigenvalue weighted by molar-refractivity contribution is 0.454. The Kier molecular flexibility index (Phi) is 6.73. The van der Waals surface area contributed by atoms with Crippen molar-refractivity contribution in [3.05, 3.63) is 124 Å². The maximum Gasteiger partial charge on any atom is 0.180 e. The summed E-state index contributed by atoms with van der Waals surface area (Å²) >= 11 is 0. The quantitative estimate of drug-likeness (QED) is 0.130. The summed E-state index contributed by atoms with van der Waals surface area (Å²) in [5, 5.41) is 32.0. The van der Waals surface area contributed by atoms with E-state index in [2.05, 4.69) is 10.5 Å². The lowest BCUT2D eigenvalue weighted by atomic mass is 9.87. The topological polar surface area (TPSA) is 109 Å². The molecule has 0 spiro atoms. The number of nitrogens with zero attached hydrogens (tertiary/aromatic N) is 4. The van der Waals surface area contributed by atoms with Gasteiger partial charge in [0, 0.05) is 22.1 Å². The second kappa shape index (κ2) is 10.7. The van der Waals surface area contributed by atoms with Crippen molar-refractivity contribution in [2.45, 2.75) is 0 Å². The van der Waals surface area contributed by atoms with E-state index in [0.717, 1.165) is 6.07 Å². The molecule has 206 valence electrons. The van der Waals surface area contributed by atoms with Gasteiger partial charge in [0.2, 0.25) is 0 Å². The van der Waals surface area contributed by atoms with Crippen LogP contribution in [-0.4, -0.2) is 16.4 Å². The lowest BCUT2D eigenvalue weighted by Gasteiger charge is -2.20. The Balaban J connectivity index is 1.57. The number of aromatic nitrogens is 1. The fourth-order valence-electron chi connectivity index (χ4n) is 4.88. The van der Waals surface area contributed by atoms with E-state index in [0.29, 0.717) is 44.7 Å². The molecule has 1 aromatic heterocycles. The van der Waals surface area contributed by atoms with Gasteiger partial charge in [0.25, 0.3) is 0 Å². The number of rotatable bonds is 4. The first-order valence-corrected chi connectivity index (χ1v) is 12.7. The molecular weight excluding hydrogens is 556 g/mol. The van der Waals surface area contributed by atoms with E-state index in [-0.39, 0.29) is 16.8 Å². The zero-order chi connectivity index (χ0) is 30.2. The van der Waals surface area contributed by atoms with Crippen LogP contribution in [0.3, 0.4) is 0 Å². The second-order valence-electron chi connectivity index (χ2n) is 9.47. The number of halogens is 4. The van der Waals surface area contributed by atoms with Gasteiger partial charge in [-0.05, 0) is 48.0 Å². The third-order valence-electron chi connectivity index (χ3n) is 6.97.